The average molecular weight is 282 g/mol. The summed E-state index contributed by atoms with van der Waals surface area (Å²) in [7, 11) is 0. The van der Waals surface area contributed by atoms with Crippen molar-refractivity contribution in [3.8, 4) is 0 Å². The SMILES string of the molecule is CC(C)(C)c1nsc(NC(=O)CC2CCC(=O)N2)n1. The second-order valence-electron chi connectivity index (χ2n) is 5.73. The molecular weight excluding hydrogens is 264 g/mol. The maximum Gasteiger partial charge on any atom is 0.228 e. The molecule has 1 fully saturated rings. The second-order valence-corrected chi connectivity index (χ2v) is 6.48. The molecule has 2 amide bonds. The Morgan fingerprint density at radius 2 is 2.26 bits per heavy atom. The van der Waals surface area contributed by atoms with E-state index in [1.165, 1.54) is 11.5 Å². The summed E-state index contributed by atoms with van der Waals surface area (Å²) in [4.78, 5) is 27.2. The molecule has 1 aliphatic rings. The van der Waals surface area contributed by atoms with Crippen LogP contribution in [0, 0.1) is 0 Å². The zero-order chi connectivity index (χ0) is 14.0. The molecule has 0 bridgehead atoms. The lowest BCUT2D eigenvalue weighted by molar-refractivity contribution is -0.119. The van der Waals surface area contributed by atoms with Crippen LogP contribution in [0.5, 0.6) is 0 Å². The Kier molecular flexibility index (Phi) is 3.84. The van der Waals surface area contributed by atoms with E-state index in [1.807, 2.05) is 20.8 Å². The molecule has 1 saturated heterocycles. The van der Waals surface area contributed by atoms with Gasteiger partial charge in [0.15, 0.2) is 0 Å². The molecule has 104 valence electrons. The third-order valence-corrected chi connectivity index (χ3v) is 3.49. The summed E-state index contributed by atoms with van der Waals surface area (Å²) in [6.07, 6.45) is 1.51. The Bertz CT molecular complexity index is 492. The van der Waals surface area contributed by atoms with Crippen LogP contribution in [0.2, 0.25) is 0 Å². The number of hydrogen-bond acceptors (Lipinski definition) is 5. The largest absolute Gasteiger partial charge is 0.353 e. The molecule has 1 aromatic heterocycles. The van der Waals surface area contributed by atoms with Crippen molar-refractivity contribution in [3.63, 3.8) is 0 Å². The van der Waals surface area contributed by atoms with Crippen molar-refractivity contribution >= 4 is 28.5 Å². The highest BCUT2D eigenvalue weighted by Gasteiger charge is 2.24. The van der Waals surface area contributed by atoms with Crippen LogP contribution in [-0.2, 0) is 15.0 Å². The number of aromatic nitrogens is 2. The highest BCUT2D eigenvalue weighted by molar-refractivity contribution is 7.09. The quantitative estimate of drug-likeness (QED) is 0.878. The van der Waals surface area contributed by atoms with Crippen LogP contribution in [0.4, 0.5) is 5.13 Å². The number of carbonyl (C=O) groups is 2. The van der Waals surface area contributed by atoms with Crippen molar-refractivity contribution in [2.24, 2.45) is 0 Å². The Morgan fingerprint density at radius 1 is 1.53 bits per heavy atom. The minimum Gasteiger partial charge on any atom is -0.353 e. The van der Waals surface area contributed by atoms with E-state index in [9.17, 15) is 9.59 Å². The molecular formula is C12H18N4O2S. The summed E-state index contributed by atoms with van der Waals surface area (Å²) in [5.74, 6) is 0.606. The van der Waals surface area contributed by atoms with Crippen molar-refractivity contribution in [1.82, 2.24) is 14.7 Å². The Labute approximate surface area is 116 Å². The van der Waals surface area contributed by atoms with Crippen LogP contribution in [0.3, 0.4) is 0 Å². The summed E-state index contributed by atoms with van der Waals surface area (Å²) < 4.78 is 4.23. The van der Waals surface area contributed by atoms with Crippen LogP contribution < -0.4 is 10.6 Å². The molecule has 1 atom stereocenters. The minimum absolute atomic E-state index is 0.0173. The zero-order valence-electron chi connectivity index (χ0n) is 11.3. The van der Waals surface area contributed by atoms with E-state index >= 15 is 0 Å². The predicted octanol–water partition coefficient (Wildman–Crippen LogP) is 1.44. The van der Waals surface area contributed by atoms with Gasteiger partial charge in [0.1, 0.15) is 5.82 Å². The zero-order valence-corrected chi connectivity index (χ0v) is 12.1. The van der Waals surface area contributed by atoms with Crippen molar-refractivity contribution in [2.45, 2.75) is 51.5 Å². The van der Waals surface area contributed by atoms with Crippen LogP contribution in [-0.4, -0.2) is 27.2 Å². The molecule has 2 heterocycles. The number of carbonyl (C=O) groups excluding carboxylic acids is 2. The summed E-state index contributed by atoms with van der Waals surface area (Å²) in [5, 5.41) is 6.01. The first kappa shape index (κ1) is 13.9. The van der Waals surface area contributed by atoms with E-state index in [0.29, 0.717) is 11.6 Å². The summed E-state index contributed by atoms with van der Waals surface area (Å²) in [6, 6.07) is -0.0532. The van der Waals surface area contributed by atoms with Crippen LogP contribution in [0.1, 0.15) is 45.9 Å². The van der Waals surface area contributed by atoms with Crippen molar-refractivity contribution in [1.29, 1.82) is 0 Å². The van der Waals surface area contributed by atoms with Gasteiger partial charge >= 0.3 is 0 Å². The molecule has 7 heteroatoms. The van der Waals surface area contributed by atoms with Crippen molar-refractivity contribution < 1.29 is 9.59 Å². The van der Waals surface area contributed by atoms with Gasteiger partial charge < -0.3 is 10.6 Å². The first-order chi connectivity index (χ1) is 8.84. The predicted molar refractivity (Wildman–Crippen MR) is 73.0 cm³/mol. The van der Waals surface area contributed by atoms with Crippen molar-refractivity contribution in [3.05, 3.63) is 5.82 Å². The Morgan fingerprint density at radius 3 is 2.79 bits per heavy atom. The van der Waals surface area contributed by atoms with E-state index in [1.54, 1.807) is 0 Å². The van der Waals surface area contributed by atoms with E-state index in [-0.39, 0.29) is 29.7 Å². The number of nitrogens with one attached hydrogen (secondary N) is 2. The molecule has 0 radical (unpaired) electrons. The molecule has 2 N–H and O–H groups in total. The van der Waals surface area contributed by atoms with Crippen LogP contribution in [0.25, 0.3) is 0 Å². The Hall–Kier alpha value is -1.50. The fourth-order valence-corrected chi connectivity index (χ4v) is 2.58. The number of nitrogens with zero attached hydrogens (tertiary/aromatic N) is 2. The van der Waals surface area contributed by atoms with E-state index in [4.69, 9.17) is 0 Å². The van der Waals surface area contributed by atoms with Crippen LogP contribution >= 0.6 is 11.5 Å². The van der Waals surface area contributed by atoms with Gasteiger partial charge in [-0.2, -0.15) is 4.37 Å². The first-order valence-electron chi connectivity index (χ1n) is 6.28. The van der Waals surface area contributed by atoms with E-state index in [2.05, 4.69) is 20.0 Å². The summed E-state index contributed by atoms with van der Waals surface area (Å²) >= 11 is 1.18. The standard InChI is InChI=1S/C12H18N4O2S/c1-12(2,3)10-15-11(19-16-10)14-9(18)6-7-4-5-8(17)13-7/h7H,4-6H2,1-3H3,(H,13,17)(H,14,15,16,18). The maximum atomic E-state index is 11.8. The monoisotopic (exact) mass is 282 g/mol. The smallest absolute Gasteiger partial charge is 0.228 e. The highest BCUT2D eigenvalue weighted by Crippen LogP contribution is 2.23. The normalized spacial score (nSPS) is 19.3. The lowest BCUT2D eigenvalue weighted by atomic mass is 9.96. The fourth-order valence-electron chi connectivity index (χ4n) is 1.80. The molecule has 0 aliphatic carbocycles. The molecule has 1 aliphatic heterocycles. The van der Waals surface area contributed by atoms with Gasteiger partial charge in [0.2, 0.25) is 16.9 Å². The number of hydrogen-bond donors (Lipinski definition) is 2. The van der Waals surface area contributed by atoms with Gasteiger partial charge in [-0.15, -0.1) is 0 Å². The topological polar surface area (TPSA) is 84.0 Å². The molecule has 0 aromatic carbocycles. The molecule has 19 heavy (non-hydrogen) atoms. The fraction of sp³-hybridized carbons (Fsp3) is 0.667. The summed E-state index contributed by atoms with van der Waals surface area (Å²) in [6.45, 7) is 6.07. The molecule has 1 unspecified atom stereocenters. The molecule has 0 saturated carbocycles. The van der Waals surface area contributed by atoms with E-state index < -0.39 is 0 Å². The van der Waals surface area contributed by atoms with Gasteiger partial charge in [-0.05, 0) is 6.42 Å². The number of anilines is 1. The second kappa shape index (κ2) is 5.24. The maximum absolute atomic E-state index is 11.8. The van der Waals surface area contributed by atoms with Crippen LogP contribution in [0.15, 0.2) is 0 Å². The van der Waals surface area contributed by atoms with Crippen molar-refractivity contribution in [2.75, 3.05) is 5.32 Å². The van der Waals surface area contributed by atoms with Gasteiger partial charge in [0, 0.05) is 35.8 Å². The summed E-state index contributed by atoms with van der Waals surface area (Å²) in [5.41, 5.74) is -0.126. The van der Waals surface area contributed by atoms with Gasteiger partial charge in [-0.1, -0.05) is 20.8 Å². The van der Waals surface area contributed by atoms with Gasteiger partial charge in [0.25, 0.3) is 0 Å². The van der Waals surface area contributed by atoms with E-state index in [0.717, 1.165) is 12.2 Å². The molecule has 6 nitrogen and oxygen atoms in total. The number of amides is 2. The lowest BCUT2D eigenvalue weighted by Gasteiger charge is -2.12. The Balaban J connectivity index is 1.88. The van der Waals surface area contributed by atoms with Gasteiger partial charge in [-0.25, -0.2) is 4.98 Å². The van der Waals surface area contributed by atoms with Gasteiger partial charge in [0.05, 0.1) is 0 Å². The molecule has 2 rings (SSSR count). The minimum atomic E-state index is -0.135. The first-order valence-corrected chi connectivity index (χ1v) is 7.05. The molecule has 0 spiro atoms. The third kappa shape index (κ3) is 3.73. The van der Waals surface area contributed by atoms with Gasteiger partial charge in [-0.3, -0.25) is 9.59 Å². The average Bonchev–Trinajstić information content (AvgIpc) is 2.87. The third-order valence-electron chi connectivity index (χ3n) is 2.86. The highest BCUT2D eigenvalue weighted by atomic mass is 32.1. The number of rotatable bonds is 3. The molecule has 1 aromatic rings. The lowest BCUT2D eigenvalue weighted by Crippen LogP contribution is -2.29.